The summed E-state index contributed by atoms with van der Waals surface area (Å²) in [5, 5.41) is 0. The first kappa shape index (κ1) is 7.14. The molecule has 0 spiro atoms. The zero-order valence-corrected chi connectivity index (χ0v) is 6.71. The Morgan fingerprint density at radius 3 is 2.82 bits per heavy atom. The second-order valence-corrected chi connectivity index (χ2v) is 3.61. The Bertz CT molecular complexity index is 163. The molecule has 0 aromatic heterocycles. The predicted octanol–water partition coefficient (Wildman–Crippen LogP) is 1.74. The molecule has 1 heterocycles. The highest BCUT2D eigenvalue weighted by Crippen LogP contribution is 2.35. The van der Waals surface area contributed by atoms with E-state index >= 15 is 0 Å². The van der Waals surface area contributed by atoms with Gasteiger partial charge in [0.1, 0.15) is 0 Å². The maximum atomic E-state index is 11.2. The van der Waals surface area contributed by atoms with Gasteiger partial charge in [0.15, 0.2) is 0 Å². The maximum absolute atomic E-state index is 11.2. The Morgan fingerprint density at radius 2 is 2.00 bits per heavy atom. The highest BCUT2D eigenvalue weighted by atomic mass is 16.5. The number of rotatable bonds is 0. The average Bonchev–Trinajstić information content (AvgIpc) is 2.06. The fourth-order valence-corrected chi connectivity index (χ4v) is 2.28. The molecule has 0 radical (unpaired) electrons. The van der Waals surface area contributed by atoms with Crippen LogP contribution in [0.4, 0.5) is 0 Å². The third-order valence-electron chi connectivity index (χ3n) is 2.94. The first-order valence-electron chi connectivity index (χ1n) is 4.54. The number of hydrogen-bond donors (Lipinski definition) is 0. The van der Waals surface area contributed by atoms with Gasteiger partial charge in [-0.1, -0.05) is 12.8 Å². The lowest BCUT2D eigenvalue weighted by Gasteiger charge is -2.33. The molecule has 2 aliphatic rings. The molecule has 0 amide bonds. The molecule has 62 valence electrons. The number of carbonyl (C=O) groups is 1. The summed E-state index contributed by atoms with van der Waals surface area (Å²) < 4.78 is 5.01. The molecule has 1 saturated carbocycles. The van der Waals surface area contributed by atoms with Gasteiger partial charge in [0, 0.05) is 0 Å². The van der Waals surface area contributed by atoms with Gasteiger partial charge in [-0.25, -0.2) is 0 Å². The second kappa shape index (κ2) is 2.84. The number of carbonyl (C=O) groups excluding carboxylic acids is 1. The monoisotopic (exact) mass is 154 g/mol. The quantitative estimate of drug-likeness (QED) is 0.497. The molecule has 2 atom stereocenters. The number of hydrogen-bond acceptors (Lipinski definition) is 2. The van der Waals surface area contributed by atoms with Gasteiger partial charge >= 0.3 is 5.97 Å². The molecule has 2 unspecified atom stereocenters. The van der Waals surface area contributed by atoms with E-state index in [9.17, 15) is 4.79 Å². The highest BCUT2D eigenvalue weighted by Gasteiger charge is 2.34. The Morgan fingerprint density at radius 1 is 1.18 bits per heavy atom. The average molecular weight is 154 g/mol. The van der Waals surface area contributed by atoms with Crippen LogP contribution in [0, 0.1) is 11.8 Å². The molecule has 11 heavy (non-hydrogen) atoms. The Kier molecular flexibility index (Phi) is 1.84. The maximum Gasteiger partial charge on any atom is 0.309 e. The number of cyclic esters (lactones) is 1. The van der Waals surface area contributed by atoms with E-state index in [1.807, 2.05) is 0 Å². The normalized spacial score (nSPS) is 37.6. The van der Waals surface area contributed by atoms with Crippen LogP contribution >= 0.6 is 0 Å². The fraction of sp³-hybridized carbons (Fsp3) is 0.889. The van der Waals surface area contributed by atoms with E-state index in [1.165, 1.54) is 19.3 Å². The Hall–Kier alpha value is -0.530. The number of esters is 1. The van der Waals surface area contributed by atoms with Crippen LogP contribution in [0.3, 0.4) is 0 Å². The van der Waals surface area contributed by atoms with Crippen molar-refractivity contribution in [2.75, 3.05) is 6.61 Å². The lowest BCUT2D eigenvalue weighted by molar-refractivity contribution is -0.158. The van der Waals surface area contributed by atoms with E-state index in [2.05, 4.69) is 0 Å². The molecule has 2 rings (SSSR count). The molecule has 0 bridgehead atoms. The summed E-state index contributed by atoms with van der Waals surface area (Å²) in [7, 11) is 0. The summed E-state index contributed by atoms with van der Waals surface area (Å²) in [6, 6.07) is 0. The van der Waals surface area contributed by atoms with Gasteiger partial charge in [-0.3, -0.25) is 4.79 Å². The van der Waals surface area contributed by atoms with Crippen LogP contribution in [0.1, 0.15) is 32.1 Å². The first-order chi connectivity index (χ1) is 5.38. The van der Waals surface area contributed by atoms with Gasteiger partial charge in [0.2, 0.25) is 0 Å². The van der Waals surface area contributed by atoms with Crippen molar-refractivity contribution in [3.8, 4) is 0 Å². The van der Waals surface area contributed by atoms with Crippen molar-refractivity contribution in [2.45, 2.75) is 32.1 Å². The molecule has 0 aromatic carbocycles. The number of ether oxygens (including phenoxy) is 1. The van der Waals surface area contributed by atoms with Gasteiger partial charge in [0.05, 0.1) is 12.5 Å². The standard InChI is InChI=1S/C9H14O2/c10-9-8-4-2-1-3-7(8)5-6-11-9/h7-8H,1-6H2. The van der Waals surface area contributed by atoms with Crippen LogP contribution in [0.25, 0.3) is 0 Å². The van der Waals surface area contributed by atoms with Gasteiger partial charge in [0.25, 0.3) is 0 Å². The van der Waals surface area contributed by atoms with Gasteiger partial charge in [-0.05, 0) is 25.2 Å². The fourth-order valence-electron chi connectivity index (χ4n) is 2.28. The summed E-state index contributed by atoms with van der Waals surface area (Å²) in [4.78, 5) is 11.2. The topological polar surface area (TPSA) is 26.3 Å². The SMILES string of the molecule is O=C1OCCC2CCCCC12. The molecular weight excluding hydrogens is 140 g/mol. The minimum Gasteiger partial charge on any atom is -0.465 e. The van der Waals surface area contributed by atoms with Gasteiger partial charge in [-0.15, -0.1) is 0 Å². The van der Waals surface area contributed by atoms with Crippen LogP contribution in [0.15, 0.2) is 0 Å². The van der Waals surface area contributed by atoms with E-state index in [0.717, 1.165) is 12.8 Å². The molecule has 1 aliphatic heterocycles. The van der Waals surface area contributed by atoms with Crippen molar-refractivity contribution in [2.24, 2.45) is 11.8 Å². The third kappa shape index (κ3) is 1.26. The van der Waals surface area contributed by atoms with Crippen molar-refractivity contribution >= 4 is 5.97 Å². The summed E-state index contributed by atoms with van der Waals surface area (Å²) in [6.07, 6.45) is 5.96. The minimum absolute atomic E-state index is 0.0703. The minimum atomic E-state index is 0.0703. The molecule has 2 nitrogen and oxygen atoms in total. The molecule has 1 aliphatic carbocycles. The van der Waals surface area contributed by atoms with Gasteiger partial charge < -0.3 is 4.74 Å². The number of fused-ring (bicyclic) bond motifs is 1. The smallest absolute Gasteiger partial charge is 0.309 e. The molecule has 0 N–H and O–H groups in total. The van der Waals surface area contributed by atoms with Crippen molar-refractivity contribution in [1.29, 1.82) is 0 Å². The zero-order valence-electron chi connectivity index (χ0n) is 6.71. The van der Waals surface area contributed by atoms with E-state index in [-0.39, 0.29) is 11.9 Å². The van der Waals surface area contributed by atoms with E-state index < -0.39 is 0 Å². The molecule has 0 aromatic rings. The Balaban J connectivity index is 2.05. The summed E-state index contributed by atoms with van der Waals surface area (Å²) in [6.45, 7) is 0.667. The van der Waals surface area contributed by atoms with Crippen LogP contribution in [0.2, 0.25) is 0 Å². The van der Waals surface area contributed by atoms with Crippen LogP contribution in [0.5, 0.6) is 0 Å². The van der Waals surface area contributed by atoms with Gasteiger partial charge in [-0.2, -0.15) is 0 Å². The lowest BCUT2D eigenvalue weighted by atomic mass is 9.76. The summed E-state index contributed by atoms with van der Waals surface area (Å²) in [5.41, 5.74) is 0. The van der Waals surface area contributed by atoms with E-state index in [0.29, 0.717) is 12.5 Å². The van der Waals surface area contributed by atoms with E-state index in [4.69, 9.17) is 4.74 Å². The first-order valence-corrected chi connectivity index (χ1v) is 4.54. The second-order valence-electron chi connectivity index (χ2n) is 3.61. The Labute approximate surface area is 66.9 Å². The molecule has 1 saturated heterocycles. The van der Waals surface area contributed by atoms with Crippen LogP contribution < -0.4 is 0 Å². The highest BCUT2D eigenvalue weighted by molar-refractivity contribution is 5.73. The van der Waals surface area contributed by atoms with Crippen molar-refractivity contribution in [3.63, 3.8) is 0 Å². The van der Waals surface area contributed by atoms with Crippen molar-refractivity contribution < 1.29 is 9.53 Å². The molecule has 2 heteroatoms. The summed E-state index contributed by atoms with van der Waals surface area (Å²) in [5.74, 6) is 0.989. The van der Waals surface area contributed by atoms with Crippen molar-refractivity contribution in [1.82, 2.24) is 0 Å². The molecular formula is C9H14O2. The van der Waals surface area contributed by atoms with E-state index in [1.54, 1.807) is 0 Å². The van der Waals surface area contributed by atoms with Crippen LogP contribution in [-0.2, 0) is 9.53 Å². The largest absolute Gasteiger partial charge is 0.465 e. The van der Waals surface area contributed by atoms with Crippen molar-refractivity contribution in [3.05, 3.63) is 0 Å². The summed E-state index contributed by atoms with van der Waals surface area (Å²) >= 11 is 0. The van der Waals surface area contributed by atoms with Crippen LogP contribution in [-0.4, -0.2) is 12.6 Å². The predicted molar refractivity (Wildman–Crippen MR) is 41.0 cm³/mol. The molecule has 2 fully saturated rings. The third-order valence-corrected chi connectivity index (χ3v) is 2.94. The lowest BCUT2D eigenvalue weighted by Crippen LogP contribution is -2.34. The zero-order chi connectivity index (χ0) is 7.68.